The van der Waals surface area contributed by atoms with Crippen molar-refractivity contribution in [3.05, 3.63) is 64.9 Å². The molecule has 0 fully saturated rings. The molecule has 1 N–H and O–H groups in total. The third kappa shape index (κ3) is 4.73. The van der Waals surface area contributed by atoms with Gasteiger partial charge < -0.3 is 10.1 Å². The number of aryl methyl sites for hydroxylation is 1. The topological polar surface area (TPSA) is 56.1 Å². The van der Waals surface area contributed by atoms with Crippen LogP contribution in [0.4, 0.5) is 5.69 Å². The number of rotatable bonds is 6. The first-order valence-electron chi connectivity index (χ1n) is 8.39. The van der Waals surface area contributed by atoms with Crippen LogP contribution < -0.4 is 10.1 Å². The number of thioether (sulfide) groups is 1. The standard InChI is InChI=1S/C20H20BrN3O2S/c1-13-4-9-18(26-3)17(12-13)23-19(25)14(2)27-20-22-10-11-24(20)16-7-5-15(21)6-8-16/h4-12,14H,1-3H3,(H,23,25). The maximum Gasteiger partial charge on any atom is 0.237 e. The van der Waals surface area contributed by atoms with E-state index in [-0.39, 0.29) is 11.2 Å². The molecule has 7 heteroatoms. The zero-order valence-corrected chi connectivity index (χ0v) is 17.7. The van der Waals surface area contributed by atoms with Gasteiger partial charge in [0.2, 0.25) is 5.91 Å². The van der Waals surface area contributed by atoms with E-state index in [0.29, 0.717) is 11.4 Å². The Morgan fingerprint density at radius 3 is 2.70 bits per heavy atom. The van der Waals surface area contributed by atoms with E-state index in [9.17, 15) is 4.79 Å². The Kier molecular flexibility index (Phi) is 6.23. The van der Waals surface area contributed by atoms with E-state index in [4.69, 9.17) is 4.74 Å². The minimum atomic E-state index is -0.327. The number of hydrogen-bond acceptors (Lipinski definition) is 4. The van der Waals surface area contributed by atoms with E-state index in [1.807, 2.05) is 67.1 Å². The number of hydrogen-bond donors (Lipinski definition) is 1. The number of imidazole rings is 1. The molecule has 1 aromatic heterocycles. The van der Waals surface area contributed by atoms with Crippen molar-refractivity contribution < 1.29 is 9.53 Å². The van der Waals surface area contributed by atoms with Crippen LogP contribution in [0.1, 0.15) is 12.5 Å². The first-order chi connectivity index (χ1) is 13.0. The van der Waals surface area contributed by atoms with Crippen LogP contribution in [0.2, 0.25) is 0 Å². The van der Waals surface area contributed by atoms with Crippen molar-refractivity contribution in [1.82, 2.24) is 9.55 Å². The summed E-state index contributed by atoms with van der Waals surface area (Å²) in [5.41, 5.74) is 2.72. The summed E-state index contributed by atoms with van der Waals surface area (Å²) in [4.78, 5) is 17.1. The van der Waals surface area contributed by atoms with E-state index in [2.05, 4.69) is 26.2 Å². The van der Waals surface area contributed by atoms with Crippen molar-refractivity contribution in [2.45, 2.75) is 24.3 Å². The molecule has 3 rings (SSSR count). The number of halogens is 1. The smallest absolute Gasteiger partial charge is 0.237 e. The minimum Gasteiger partial charge on any atom is -0.495 e. The first-order valence-corrected chi connectivity index (χ1v) is 10.1. The number of anilines is 1. The molecule has 0 aliphatic carbocycles. The molecule has 3 aromatic rings. The molecule has 1 heterocycles. The fourth-order valence-corrected chi connectivity index (χ4v) is 3.69. The Hall–Kier alpha value is -2.25. The predicted octanol–water partition coefficient (Wildman–Crippen LogP) is 5.07. The maximum absolute atomic E-state index is 12.7. The molecule has 0 bridgehead atoms. The lowest BCUT2D eigenvalue weighted by atomic mass is 10.2. The molecule has 0 spiro atoms. The fourth-order valence-electron chi connectivity index (χ4n) is 2.54. The summed E-state index contributed by atoms with van der Waals surface area (Å²) in [6, 6.07) is 13.6. The molecule has 5 nitrogen and oxygen atoms in total. The maximum atomic E-state index is 12.7. The molecule has 0 aliphatic rings. The van der Waals surface area contributed by atoms with Gasteiger partial charge in [-0.3, -0.25) is 9.36 Å². The molecule has 1 unspecified atom stereocenters. The average Bonchev–Trinajstić information content (AvgIpc) is 3.10. The molecule has 0 aliphatic heterocycles. The van der Waals surface area contributed by atoms with E-state index >= 15 is 0 Å². The van der Waals surface area contributed by atoms with Crippen molar-refractivity contribution in [1.29, 1.82) is 0 Å². The van der Waals surface area contributed by atoms with Crippen molar-refractivity contribution in [2.24, 2.45) is 0 Å². The monoisotopic (exact) mass is 445 g/mol. The van der Waals surface area contributed by atoms with Gasteiger partial charge in [0, 0.05) is 22.6 Å². The third-order valence-corrected chi connectivity index (χ3v) is 5.59. The summed E-state index contributed by atoms with van der Waals surface area (Å²) in [6.45, 7) is 3.84. The Labute approximate surface area is 171 Å². The lowest BCUT2D eigenvalue weighted by Gasteiger charge is -2.15. The number of carbonyl (C=O) groups is 1. The number of ether oxygens (including phenoxy) is 1. The molecule has 1 atom stereocenters. The second-order valence-corrected chi connectivity index (χ2v) is 8.23. The van der Waals surface area contributed by atoms with Crippen LogP contribution in [0.25, 0.3) is 5.69 Å². The number of benzene rings is 2. The number of methoxy groups -OCH3 is 1. The van der Waals surface area contributed by atoms with Gasteiger partial charge >= 0.3 is 0 Å². The van der Waals surface area contributed by atoms with Gasteiger partial charge in [0.1, 0.15) is 5.75 Å². The first kappa shape index (κ1) is 19.5. The van der Waals surface area contributed by atoms with Crippen molar-refractivity contribution in [3.63, 3.8) is 0 Å². The highest BCUT2D eigenvalue weighted by Crippen LogP contribution is 2.29. The molecule has 140 valence electrons. The highest BCUT2D eigenvalue weighted by molar-refractivity contribution is 9.10. The van der Waals surface area contributed by atoms with Crippen molar-refractivity contribution in [3.8, 4) is 11.4 Å². The lowest BCUT2D eigenvalue weighted by molar-refractivity contribution is -0.115. The van der Waals surface area contributed by atoms with Crippen LogP contribution in [-0.2, 0) is 4.79 Å². The summed E-state index contributed by atoms with van der Waals surface area (Å²) in [7, 11) is 1.59. The number of amides is 1. The Bertz CT molecular complexity index is 941. The quantitative estimate of drug-likeness (QED) is 0.537. The number of carbonyl (C=O) groups excluding carboxylic acids is 1. The van der Waals surface area contributed by atoms with Crippen LogP contribution in [0.15, 0.2) is 64.5 Å². The summed E-state index contributed by atoms with van der Waals surface area (Å²) in [5, 5.41) is 3.39. The Balaban J connectivity index is 1.74. The third-order valence-electron chi connectivity index (χ3n) is 3.98. The van der Waals surface area contributed by atoms with Crippen LogP contribution in [-0.4, -0.2) is 27.8 Å². The van der Waals surface area contributed by atoms with Gasteiger partial charge in [0.05, 0.1) is 18.0 Å². The summed E-state index contributed by atoms with van der Waals surface area (Å²) >= 11 is 4.85. The van der Waals surface area contributed by atoms with Gasteiger partial charge in [-0.25, -0.2) is 4.98 Å². The number of aromatic nitrogens is 2. The molecular weight excluding hydrogens is 426 g/mol. The van der Waals surface area contributed by atoms with Gasteiger partial charge in [-0.05, 0) is 55.8 Å². The van der Waals surface area contributed by atoms with Crippen molar-refractivity contribution in [2.75, 3.05) is 12.4 Å². The van der Waals surface area contributed by atoms with E-state index in [0.717, 1.165) is 20.9 Å². The predicted molar refractivity (Wildman–Crippen MR) is 113 cm³/mol. The Morgan fingerprint density at radius 2 is 2.00 bits per heavy atom. The molecule has 0 saturated carbocycles. The number of nitrogens with zero attached hydrogens (tertiary/aromatic N) is 2. The van der Waals surface area contributed by atoms with Crippen molar-refractivity contribution >= 4 is 39.3 Å². The van der Waals surface area contributed by atoms with Gasteiger partial charge in [-0.15, -0.1) is 0 Å². The average molecular weight is 446 g/mol. The zero-order valence-electron chi connectivity index (χ0n) is 15.3. The van der Waals surface area contributed by atoms with Gasteiger partial charge in [0.15, 0.2) is 5.16 Å². The highest BCUT2D eigenvalue weighted by atomic mass is 79.9. The van der Waals surface area contributed by atoms with Gasteiger partial charge in [-0.1, -0.05) is 33.8 Å². The molecule has 0 saturated heterocycles. The lowest BCUT2D eigenvalue weighted by Crippen LogP contribution is -2.23. The number of nitrogens with one attached hydrogen (secondary N) is 1. The molecule has 27 heavy (non-hydrogen) atoms. The SMILES string of the molecule is COc1ccc(C)cc1NC(=O)C(C)Sc1nccn1-c1ccc(Br)cc1. The van der Waals surface area contributed by atoms with Crippen LogP contribution >= 0.6 is 27.7 Å². The Morgan fingerprint density at radius 1 is 1.26 bits per heavy atom. The van der Waals surface area contributed by atoms with Crippen LogP contribution in [0, 0.1) is 6.92 Å². The van der Waals surface area contributed by atoms with Crippen LogP contribution in [0.3, 0.4) is 0 Å². The normalized spacial score (nSPS) is 11.9. The summed E-state index contributed by atoms with van der Waals surface area (Å²) < 4.78 is 8.31. The largest absolute Gasteiger partial charge is 0.495 e. The van der Waals surface area contributed by atoms with E-state index < -0.39 is 0 Å². The van der Waals surface area contributed by atoms with Gasteiger partial charge in [-0.2, -0.15) is 0 Å². The van der Waals surface area contributed by atoms with Crippen LogP contribution in [0.5, 0.6) is 5.75 Å². The minimum absolute atomic E-state index is 0.103. The molecule has 1 amide bonds. The highest BCUT2D eigenvalue weighted by Gasteiger charge is 2.19. The molecular formula is C20H20BrN3O2S. The summed E-state index contributed by atoms with van der Waals surface area (Å²) in [6.07, 6.45) is 3.62. The van der Waals surface area contributed by atoms with E-state index in [1.165, 1.54) is 11.8 Å². The molecule has 2 aromatic carbocycles. The van der Waals surface area contributed by atoms with E-state index in [1.54, 1.807) is 13.3 Å². The second kappa shape index (κ2) is 8.63. The fraction of sp³-hybridized carbons (Fsp3) is 0.200. The zero-order chi connectivity index (χ0) is 19.4. The summed E-state index contributed by atoms with van der Waals surface area (Å²) in [5.74, 6) is 0.539. The second-order valence-electron chi connectivity index (χ2n) is 6.01. The molecule has 0 radical (unpaired) electrons. The van der Waals surface area contributed by atoms with Gasteiger partial charge in [0.25, 0.3) is 0 Å².